The van der Waals surface area contributed by atoms with E-state index in [-0.39, 0.29) is 12.0 Å². The molecule has 2 aromatic carbocycles. The molecule has 0 saturated carbocycles. The zero-order valence-electron chi connectivity index (χ0n) is 14.4. The summed E-state index contributed by atoms with van der Waals surface area (Å²) in [5.41, 5.74) is 1.63. The molecule has 0 amide bonds. The number of hydrogen-bond donors (Lipinski definition) is 1. The van der Waals surface area contributed by atoms with Gasteiger partial charge in [-0.05, 0) is 68.8 Å². The van der Waals surface area contributed by atoms with Crippen molar-refractivity contribution in [3.63, 3.8) is 0 Å². The van der Waals surface area contributed by atoms with E-state index in [0.29, 0.717) is 36.3 Å². The average Bonchev–Trinajstić information content (AvgIpc) is 2.62. The number of nitrogens with zero attached hydrogens (tertiary/aromatic N) is 2. The lowest BCUT2D eigenvalue weighted by Gasteiger charge is -2.36. The summed E-state index contributed by atoms with van der Waals surface area (Å²) in [4.78, 5) is 0. The van der Waals surface area contributed by atoms with Gasteiger partial charge in [-0.1, -0.05) is 12.1 Å². The summed E-state index contributed by atoms with van der Waals surface area (Å²) < 4.78 is 41.6. The van der Waals surface area contributed by atoms with Crippen molar-refractivity contribution in [1.29, 1.82) is 5.26 Å². The van der Waals surface area contributed by atoms with Crippen LogP contribution < -0.4 is 9.62 Å². The summed E-state index contributed by atoms with van der Waals surface area (Å²) in [6, 6.07) is 12.7. The molecule has 3 rings (SSSR count). The Morgan fingerprint density at radius 1 is 1.27 bits per heavy atom. The lowest BCUT2D eigenvalue weighted by Crippen LogP contribution is -2.42. The van der Waals surface area contributed by atoms with Gasteiger partial charge in [0.2, 0.25) is 10.0 Å². The first-order valence-electron chi connectivity index (χ1n) is 8.45. The lowest BCUT2D eigenvalue weighted by molar-refractivity contribution is 0.552. The highest BCUT2D eigenvalue weighted by molar-refractivity contribution is 7.93. The van der Waals surface area contributed by atoms with Gasteiger partial charge in [0.1, 0.15) is 11.9 Å². The standard InChI is InChI=1S/C19H20FN3O2S/c1-22-10-4-6-17-12-15-11-16(20)8-9-19(15)23(26(17,24)25)18-7-3-2-5-14(18)13-21/h2-3,5,7-9,11,17,22H,4,6,10,12H2,1H3/t17-/m1/s1. The molecule has 0 fully saturated rings. The Morgan fingerprint density at radius 2 is 2.04 bits per heavy atom. The van der Waals surface area contributed by atoms with Crippen molar-refractivity contribution in [3.8, 4) is 6.07 Å². The largest absolute Gasteiger partial charge is 0.320 e. The number of fused-ring (bicyclic) bond motifs is 1. The van der Waals surface area contributed by atoms with E-state index in [1.165, 1.54) is 22.5 Å². The normalized spacial score (nSPS) is 18.2. The second kappa shape index (κ2) is 7.44. The molecule has 1 N–H and O–H groups in total. The van der Waals surface area contributed by atoms with Crippen LogP contribution in [0.15, 0.2) is 42.5 Å². The highest BCUT2D eigenvalue weighted by Gasteiger charge is 2.40. The van der Waals surface area contributed by atoms with E-state index >= 15 is 0 Å². The third-order valence-electron chi connectivity index (χ3n) is 4.58. The minimum atomic E-state index is -3.72. The Hall–Kier alpha value is -2.43. The molecule has 1 heterocycles. The molecular formula is C19H20FN3O2S. The highest BCUT2D eigenvalue weighted by atomic mass is 32.2. The van der Waals surface area contributed by atoms with Crippen LogP contribution in [-0.4, -0.2) is 27.3 Å². The van der Waals surface area contributed by atoms with Crippen molar-refractivity contribution in [2.45, 2.75) is 24.5 Å². The van der Waals surface area contributed by atoms with Crippen LogP contribution in [0.2, 0.25) is 0 Å². The monoisotopic (exact) mass is 373 g/mol. The molecular weight excluding hydrogens is 353 g/mol. The van der Waals surface area contributed by atoms with Gasteiger partial charge in [0.15, 0.2) is 0 Å². The fraction of sp³-hybridized carbons (Fsp3) is 0.316. The van der Waals surface area contributed by atoms with Crippen molar-refractivity contribution in [2.75, 3.05) is 17.9 Å². The number of nitriles is 1. The summed E-state index contributed by atoms with van der Waals surface area (Å²) in [7, 11) is -1.91. The van der Waals surface area contributed by atoms with Crippen molar-refractivity contribution in [2.24, 2.45) is 0 Å². The van der Waals surface area contributed by atoms with E-state index < -0.39 is 21.1 Å². The molecule has 1 atom stereocenters. The number of anilines is 2. The molecule has 1 aliphatic rings. The first-order chi connectivity index (χ1) is 12.5. The van der Waals surface area contributed by atoms with Crippen molar-refractivity contribution < 1.29 is 12.8 Å². The molecule has 2 aromatic rings. The first kappa shape index (κ1) is 18.4. The minimum absolute atomic E-state index is 0.266. The Kier molecular flexibility index (Phi) is 5.25. The summed E-state index contributed by atoms with van der Waals surface area (Å²) >= 11 is 0. The lowest BCUT2D eigenvalue weighted by atomic mass is 10.0. The third-order valence-corrected chi connectivity index (χ3v) is 6.73. The molecule has 1 aliphatic heterocycles. The summed E-state index contributed by atoms with van der Waals surface area (Å²) in [5, 5.41) is 11.8. The summed E-state index contributed by atoms with van der Waals surface area (Å²) in [6.45, 7) is 0.705. The maximum absolute atomic E-state index is 13.8. The SMILES string of the molecule is CNCCC[C@@H]1Cc2cc(F)ccc2N(c2ccccc2C#N)S1(=O)=O. The Labute approximate surface area is 153 Å². The summed E-state index contributed by atoms with van der Waals surface area (Å²) in [6.07, 6.45) is 1.42. The van der Waals surface area contributed by atoms with Gasteiger partial charge in [0, 0.05) is 0 Å². The van der Waals surface area contributed by atoms with Crippen molar-refractivity contribution in [3.05, 3.63) is 59.4 Å². The van der Waals surface area contributed by atoms with Crippen LogP contribution in [-0.2, 0) is 16.4 Å². The zero-order valence-corrected chi connectivity index (χ0v) is 15.3. The molecule has 136 valence electrons. The Bertz CT molecular complexity index is 953. The molecule has 0 saturated heterocycles. The second-order valence-electron chi connectivity index (χ2n) is 6.28. The molecule has 0 bridgehead atoms. The van der Waals surface area contributed by atoms with Crippen LogP contribution in [0, 0.1) is 17.1 Å². The number of rotatable bonds is 5. The number of sulfonamides is 1. The molecule has 7 heteroatoms. The predicted molar refractivity (Wildman–Crippen MR) is 99.3 cm³/mol. The Balaban J connectivity index is 2.15. The maximum Gasteiger partial charge on any atom is 0.242 e. The van der Waals surface area contributed by atoms with E-state index in [2.05, 4.69) is 5.32 Å². The van der Waals surface area contributed by atoms with Crippen molar-refractivity contribution in [1.82, 2.24) is 5.32 Å². The third kappa shape index (κ3) is 3.30. The van der Waals surface area contributed by atoms with E-state index in [1.54, 1.807) is 24.3 Å². The van der Waals surface area contributed by atoms with Crippen molar-refractivity contribution >= 4 is 21.4 Å². The highest BCUT2D eigenvalue weighted by Crippen LogP contribution is 2.41. The van der Waals surface area contributed by atoms with E-state index in [0.717, 1.165) is 0 Å². The maximum atomic E-state index is 13.8. The predicted octanol–water partition coefficient (Wildman–Crippen LogP) is 3.09. The molecule has 0 aromatic heterocycles. The van der Waals surface area contributed by atoms with Gasteiger partial charge in [0.25, 0.3) is 0 Å². The van der Waals surface area contributed by atoms with Crippen LogP contribution in [0.3, 0.4) is 0 Å². The number of benzene rings is 2. The average molecular weight is 373 g/mol. The molecule has 0 spiro atoms. The Morgan fingerprint density at radius 3 is 2.77 bits per heavy atom. The first-order valence-corrected chi connectivity index (χ1v) is 9.95. The van der Waals surface area contributed by atoms with Crippen LogP contribution >= 0.6 is 0 Å². The van der Waals surface area contributed by atoms with Gasteiger partial charge in [-0.3, -0.25) is 0 Å². The fourth-order valence-corrected chi connectivity index (χ4v) is 5.36. The second-order valence-corrected chi connectivity index (χ2v) is 8.35. The fourth-order valence-electron chi connectivity index (χ4n) is 3.32. The zero-order chi connectivity index (χ0) is 18.7. The number of halogens is 1. The van der Waals surface area contributed by atoms with Crippen LogP contribution in [0.1, 0.15) is 24.0 Å². The van der Waals surface area contributed by atoms with Gasteiger partial charge in [0.05, 0.1) is 22.2 Å². The topological polar surface area (TPSA) is 73.2 Å². The number of hydrogen-bond acceptors (Lipinski definition) is 4. The smallest absolute Gasteiger partial charge is 0.242 e. The van der Waals surface area contributed by atoms with Crippen LogP contribution in [0.25, 0.3) is 0 Å². The molecule has 0 radical (unpaired) electrons. The quantitative estimate of drug-likeness (QED) is 0.818. The number of nitrogens with one attached hydrogen (secondary N) is 1. The van der Waals surface area contributed by atoms with Crippen LogP contribution in [0.4, 0.5) is 15.8 Å². The molecule has 0 unspecified atom stereocenters. The van der Waals surface area contributed by atoms with Gasteiger partial charge in [-0.15, -0.1) is 0 Å². The van der Waals surface area contributed by atoms with Gasteiger partial charge >= 0.3 is 0 Å². The van der Waals surface area contributed by atoms with Gasteiger partial charge in [-0.2, -0.15) is 5.26 Å². The van der Waals surface area contributed by atoms with Crippen LogP contribution in [0.5, 0.6) is 0 Å². The number of para-hydroxylation sites is 1. The van der Waals surface area contributed by atoms with Gasteiger partial charge in [-0.25, -0.2) is 17.1 Å². The molecule has 0 aliphatic carbocycles. The molecule has 26 heavy (non-hydrogen) atoms. The summed E-state index contributed by atoms with van der Waals surface area (Å²) in [5.74, 6) is -0.398. The minimum Gasteiger partial charge on any atom is -0.320 e. The van der Waals surface area contributed by atoms with E-state index in [9.17, 15) is 18.1 Å². The van der Waals surface area contributed by atoms with Gasteiger partial charge < -0.3 is 5.32 Å². The van der Waals surface area contributed by atoms with E-state index in [1.807, 2.05) is 13.1 Å². The molecule has 5 nitrogen and oxygen atoms in total. The van der Waals surface area contributed by atoms with E-state index in [4.69, 9.17) is 0 Å².